The molecule has 1 aliphatic rings. The van der Waals surface area contributed by atoms with Crippen molar-refractivity contribution in [1.29, 1.82) is 0 Å². The molecule has 0 unspecified atom stereocenters. The van der Waals surface area contributed by atoms with Crippen molar-refractivity contribution in [3.63, 3.8) is 0 Å². The number of hydrogen-bond donors (Lipinski definition) is 0. The molecule has 3 heterocycles. The first-order chi connectivity index (χ1) is 14.1. The van der Waals surface area contributed by atoms with Crippen LogP contribution in [0.25, 0.3) is 11.0 Å². The highest BCUT2D eigenvalue weighted by Crippen LogP contribution is 2.43. The van der Waals surface area contributed by atoms with E-state index in [2.05, 4.69) is 0 Å². The number of benzene rings is 1. The molecular formula is C21H23N3O4S. The van der Waals surface area contributed by atoms with Crippen molar-refractivity contribution in [2.75, 3.05) is 31.8 Å². The Morgan fingerprint density at radius 1 is 1.28 bits per heavy atom. The van der Waals surface area contributed by atoms with Gasteiger partial charge in [0.15, 0.2) is 5.92 Å². The Labute approximate surface area is 172 Å². The molecule has 0 aliphatic carbocycles. The van der Waals surface area contributed by atoms with Gasteiger partial charge in [-0.3, -0.25) is 19.1 Å². The Bertz CT molecular complexity index is 1060. The van der Waals surface area contributed by atoms with Crippen LogP contribution in [0.15, 0.2) is 35.7 Å². The smallest absolute Gasteiger partial charge is 0.321 e. The zero-order valence-corrected chi connectivity index (χ0v) is 17.4. The number of fused-ring (bicyclic) bond motifs is 3. The number of carbonyl (C=O) groups is 2. The molecule has 2 atom stereocenters. The van der Waals surface area contributed by atoms with Gasteiger partial charge in [0.25, 0.3) is 0 Å². The van der Waals surface area contributed by atoms with Crippen LogP contribution < -0.4 is 4.90 Å². The lowest BCUT2D eigenvalue weighted by Gasteiger charge is -2.37. The molecule has 0 fully saturated rings. The molecular weight excluding hydrogens is 390 g/mol. The highest BCUT2D eigenvalue weighted by atomic mass is 32.1. The molecule has 0 spiro atoms. The third-order valence-corrected chi connectivity index (χ3v) is 6.26. The molecule has 0 radical (unpaired) electrons. The van der Waals surface area contributed by atoms with Gasteiger partial charge in [0.2, 0.25) is 11.9 Å². The van der Waals surface area contributed by atoms with Crippen LogP contribution in [0.4, 0.5) is 5.95 Å². The number of hydrogen-bond acceptors (Lipinski definition) is 6. The van der Waals surface area contributed by atoms with E-state index in [0.29, 0.717) is 19.1 Å². The fourth-order valence-corrected chi connectivity index (χ4v) is 4.91. The van der Waals surface area contributed by atoms with Gasteiger partial charge in [0, 0.05) is 12.0 Å². The average Bonchev–Trinajstić information content (AvgIpc) is 3.30. The quantitative estimate of drug-likeness (QED) is 0.458. The first-order valence-electron chi connectivity index (χ1n) is 9.56. The van der Waals surface area contributed by atoms with Gasteiger partial charge in [-0.15, -0.1) is 11.3 Å². The maximum atomic E-state index is 13.5. The number of methoxy groups -OCH3 is 1. The molecule has 29 heavy (non-hydrogen) atoms. The topological polar surface area (TPSA) is 73.7 Å². The number of ether oxygens (including phenoxy) is 2. The van der Waals surface area contributed by atoms with E-state index in [1.165, 1.54) is 0 Å². The molecule has 3 aromatic rings. The fraction of sp³-hybridized carbons (Fsp3) is 0.381. The number of rotatable bonds is 6. The Morgan fingerprint density at radius 3 is 2.76 bits per heavy atom. The molecule has 8 heteroatoms. The number of amides is 1. The Hall–Kier alpha value is -2.71. The summed E-state index contributed by atoms with van der Waals surface area (Å²) in [6.45, 7) is 4.61. The third kappa shape index (κ3) is 3.22. The molecule has 0 saturated carbocycles. The minimum atomic E-state index is -0.978. The SMILES string of the molecule is CCOC(=O)[C@@H]1C(=O)N(CCOC)c2nc3ccccc3n2[C@H]1c1sccc1C. The number of esters is 1. The normalized spacial score (nSPS) is 18.9. The fourth-order valence-electron chi connectivity index (χ4n) is 3.86. The maximum absolute atomic E-state index is 13.5. The van der Waals surface area contributed by atoms with E-state index >= 15 is 0 Å². The summed E-state index contributed by atoms with van der Waals surface area (Å²) in [5, 5.41) is 1.98. The minimum Gasteiger partial charge on any atom is -0.465 e. The number of aryl methyl sites for hydroxylation is 1. The molecule has 7 nitrogen and oxygen atoms in total. The summed E-state index contributed by atoms with van der Waals surface area (Å²) in [4.78, 5) is 33.8. The number of carbonyl (C=O) groups excluding carboxylic acids is 2. The highest BCUT2D eigenvalue weighted by Gasteiger charge is 2.48. The summed E-state index contributed by atoms with van der Waals surface area (Å²) in [5.41, 5.74) is 2.70. The van der Waals surface area contributed by atoms with Crippen molar-refractivity contribution >= 4 is 40.2 Å². The lowest BCUT2D eigenvalue weighted by Crippen LogP contribution is -2.51. The van der Waals surface area contributed by atoms with Gasteiger partial charge in [-0.1, -0.05) is 12.1 Å². The third-order valence-electron chi connectivity index (χ3n) is 5.17. The lowest BCUT2D eigenvalue weighted by molar-refractivity contribution is -0.153. The Morgan fingerprint density at radius 2 is 2.07 bits per heavy atom. The van der Waals surface area contributed by atoms with Gasteiger partial charge in [-0.2, -0.15) is 0 Å². The van der Waals surface area contributed by atoms with Gasteiger partial charge in [-0.25, -0.2) is 4.98 Å². The van der Waals surface area contributed by atoms with Gasteiger partial charge in [-0.05, 0) is 43.0 Å². The van der Waals surface area contributed by atoms with Crippen LogP contribution >= 0.6 is 11.3 Å². The molecule has 1 aromatic carbocycles. The van der Waals surface area contributed by atoms with E-state index in [-0.39, 0.29) is 12.5 Å². The highest BCUT2D eigenvalue weighted by molar-refractivity contribution is 7.10. The predicted octanol–water partition coefficient (Wildman–Crippen LogP) is 3.17. The number of thiophene rings is 1. The van der Waals surface area contributed by atoms with E-state index in [9.17, 15) is 9.59 Å². The summed E-state index contributed by atoms with van der Waals surface area (Å²) in [7, 11) is 1.58. The second-order valence-electron chi connectivity index (χ2n) is 6.90. The molecule has 152 valence electrons. The Balaban J connectivity index is 1.98. The van der Waals surface area contributed by atoms with Crippen LogP contribution in [0.3, 0.4) is 0 Å². The predicted molar refractivity (Wildman–Crippen MR) is 111 cm³/mol. The minimum absolute atomic E-state index is 0.217. The zero-order valence-electron chi connectivity index (χ0n) is 16.6. The van der Waals surface area contributed by atoms with E-state index in [4.69, 9.17) is 14.5 Å². The number of para-hydroxylation sites is 2. The molecule has 0 saturated heterocycles. The molecule has 0 bridgehead atoms. The van der Waals surface area contributed by atoms with E-state index in [1.807, 2.05) is 47.2 Å². The van der Waals surface area contributed by atoms with Crippen LogP contribution in [-0.4, -0.2) is 48.3 Å². The second-order valence-corrected chi connectivity index (χ2v) is 7.84. The van der Waals surface area contributed by atoms with Crippen LogP contribution in [0.1, 0.15) is 23.4 Å². The Kier molecular flexibility index (Phi) is 5.38. The van der Waals surface area contributed by atoms with Crippen molar-refractivity contribution in [2.24, 2.45) is 5.92 Å². The summed E-state index contributed by atoms with van der Waals surface area (Å²) >= 11 is 1.54. The average molecular weight is 413 g/mol. The van der Waals surface area contributed by atoms with Crippen LogP contribution in [-0.2, 0) is 19.1 Å². The first-order valence-corrected chi connectivity index (χ1v) is 10.4. The van der Waals surface area contributed by atoms with Crippen molar-refractivity contribution in [1.82, 2.24) is 9.55 Å². The molecule has 1 aliphatic heterocycles. The zero-order chi connectivity index (χ0) is 20.5. The molecule has 1 amide bonds. The van der Waals surface area contributed by atoms with Gasteiger partial charge >= 0.3 is 5.97 Å². The maximum Gasteiger partial charge on any atom is 0.321 e. The van der Waals surface area contributed by atoms with Gasteiger partial charge < -0.3 is 9.47 Å². The number of imidazole rings is 1. The van der Waals surface area contributed by atoms with Gasteiger partial charge in [0.05, 0.1) is 36.8 Å². The van der Waals surface area contributed by atoms with E-state index < -0.39 is 17.9 Å². The summed E-state index contributed by atoms with van der Waals surface area (Å²) in [5.74, 6) is -1.26. The number of aromatic nitrogens is 2. The van der Waals surface area contributed by atoms with Crippen molar-refractivity contribution in [2.45, 2.75) is 19.9 Å². The monoisotopic (exact) mass is 413 g/mol. The first kappa shape index (κ1) is 19.6. The molecule has 2 aromatic heterocycles. The van der Waals surface area contributed by atoms with E-state index in [1.54, 1.807) is 30.3 Å². The van der Waals surface area contributed by atoms with Crippen LogP contribution in [0.5, 0.6) is 0 Å². The van der Waals surface area contributed by atoms with Crippen LogP contribution in [0.2, 0.25) is 0 Å². The summed E-state index contributed by atoms with van der Waals surface area (Å²) in [6.07, 6.45) is 0. The van der Waals surface area contributed by atoms with Gasteiger partial charge in [0.1, 0.15) is 0 Å². The van der Waals surface area contributed by atoms with E-state index in [0.717, 1.165) is 21.5 Å². The lowest BCUT2D eigenvalue weighted by atomic mass is 9.92. The summed E-state index contributed by atoms with van der Waals surface area (Å²) < 4.78 is 12.5. The number of anilines is 1. The molecule has 0 N–H and O–H groups in total. The van der Waals surface area contributed by atoms with Crippen molar-refractivity contribution in [3.8, 4) is 0 Å². The van der Waals surface area contributed by atoms with Crippen molar-refractivity contribution in [3.05, 3.63) is 46.2 Å². The van der Waals surface area contributed by atoms with Crippen molar-refractivity contribution < 1.29 is 19.1 Å². The summed E-state index contributed by atoms with van der Waals surface area (Å²) in [6, 6.07) is 9.23. The standard InChI is InChI=1S/C21H23N3O4S/c1-4-28-20(26)16-17(18-13(2)9-12-29-18)24-15-8-6-5-7-14(15)22-21(24)23(19(16)25)10-11-27-3/h5-9,12,16-17H,4,10-11H2,1-3H3/t16-,17+/m0/s1. The second kappa shape index (κ2) is 7.96. The molecule has 4 rings (SSSR count). The largest absolute Gasteiger partial charge is 0.465 e. The van der Waals surface area contributed by atoms with Crippen LogP contribution in [0, 0.1) is 12.8 Å². The number of nitrogens with zero attached hydrogens (tertiary/aromatic N) is 3.